The van der Waals surface area contributed by atoms with Gasteiger partial charge in [0.1, 0.15) is 11.5 Å². The first-order valence-corrected chi connectivity index (χ1v) is 4.21. The lowest BCUT2D eigenvalue weighted by atomic mass is 9.79. The first kappa shape index (κ1) is 8.69. The van der Waals surface area contributed by atoms with Crippen molar-refractivity contribution in [2.24, 2.45) is 5.92 Å². The van der Waals surface area contributed by atoms with E-state index in [9.17, 15) is 9.18 Å². The average molecular weight is 158 g/mol. The van der Waals surface area contributed by atoms with Crippen LogP contribution in [-0.4, -0.2) is 11.5 Å². The zero-order chi connectivity index (χ0) is 8.48. The van der Waals surface area contributed by atoms with Crippen LogP contribution in [0.3, 0.4) is 0 Å². The van der Waals surface area contributed by atoms with Gasteiger partial charge in [-0.15, -0.1) is 0 Å². The van der Waals surface area contributed by atoms with E-state index in [0.29, 0.717) is 12.8 Å². The first-order valence-electron chi connectivity index (χ1n) is 4.21. The number of Topliss-reactive ketones (excluding diaryl/α,β-unsaturated/α-hetero) is 1. The van der Waals surface area contributed by atoms with Crippen molar-refractivity contribution >= 4 is 5.78 Å². The minimum atomic E-state index is -1.01. The van der Waals surface area contributed by atoms with E-state index in [-0.39, 0.29) is 11.7 Å². The van der Waals surface area contributed by atoms with Gasteiger partial charge in [0.05, 0.1) is 0 Å². The Morgan fingerprint density at radius 1 is 1.45 bits per heavy atom. The van der Waals surface area contributed by atoms with Crippen molar-refractivity contribution in [3.05, 3.63) is 0 Å². The predicted octanol–water partition coefficient (Wildman–Crippen LogP) is 2.49. The standard InChI is InChI=1S/C9H15FO/c1-7(11)8-3-5-9(2,10)6-4-8/h8H,3-6H2,1-2H3. The van der Waals surface area contributed by atoms with Gasteiger partial charge in [0.25, 0.3) is 0 Å². The largest absolute Gasteiger partial charge is 0.300 e. The second kappa shape index (κ2) is 2.92. The third kappa shape index (κ3) is 2.28. The number of halogens is 1. The molecule has 1 nitrogen and oxygen atoms in total. The summed E-state index contributed by atoms with van der Waals surface area (Å²) in [5.41, 5.74) is -1.01. The van der Waals surface area contributed by atoms with Crippen molar-refractivity contribution in [2.75, 3.05) is 0 Å². The van der Waals surface area contributed by atoms with Crippen molar-refractivity contribution in [2.45, 2.75) is 45.2 Å². The number of carbonyl (C=O) groups is 1. The predicted molar refractivity (Wildman–Crippen MR) is 42.2 cm³/mol. The van der Waals surface area contributed by atoms with E-state index in [1.807, 2.05) is 0 Å². The highest BCUT2D eigenvalue weighted by Crippen LogP contribution is 2.34. The monoisotopic (exact) mass is 158 g/mol. The summed E-state index contributed by atoms with van der Waals surface area (Å²) in [7, 11) is 0. The molecule has 0 unspecified atom stereocenters. The van der Waals surface area contributed by atoms with Crippen molar-refractivity contribution in [1.82, 2.24) is 0 Å². The molecule has 0 atom stereocenters. The van der Waals surface area contributed by atoms with Crippen molar-refractivity contribution in [1.29, 1.82) is 0 Å². The van der Waals surface area contributed by atoms with Crippen LogP contribution >= 0.6 is 0 Å². The number of ketones is 1. The number of hydrogen-bond donors (Lipinski definition) is 0. The second-order valence-corrected chi connectivity index (χ2v) is 3.80. The molecule has 1 saturated carbocycles. The summed E-state index contributed by atoms with van der Waals surface area (Å²) in [4.78, 5) is 10.9. The lowest BCUT2D eigenvalue weighted by molar-refractivity contribution is -0.122. The lowest BCUT2D eigenvalue weighted by Crippen LogP contribution is -2.28. The minimum absolute atomic E-state index is 0.138. The summed E-state index contributed by atoms with van der Waals surface area (Å²) in [6, 6.07) is 0. The molecule has 0 bridgehead atoms. The van der Waals surface area contributed by atoms with Crippen LogP contribution < -0.4 is 0 Å². The van der Waals surface area contributed by atoms with Gasteiger partial charge in [-0.25, -0.2) is 4.39 Å². The number of hydrogen-bond acceptors (Lipinski definition) is 1. The van der Waals surface area contributed by atoms with Crippen LogP contribution in [-0.2, 0) is 4.79 Å². The topological polar surface area (TPSA) is 17.1 Å². The molecule has 11 heavy (non-hydrogen) atoms. The molecule has 1 rings (SSSR count). The first-order chi connectivity index (χ1) is 5.01. The fourth-order valence-electron chi connectivity index (χ4n) is 1.63. The molecule has 1 aliphatic rings. The molecule has 0 amide bonds. The van der Waals surface area contributed by atoms with Crippen molar-refractivity contribution in [3.8, 4) is 0 Å². The molecular weight excluding hydrogens is 143 g/mol. The van der Waals surface area contributed by atoms with Gasteiger partial charge in [0.15, 0.2) is 0 Å². The highest BCUT2D eigenvalue weighted by atomic mass is 19.1. The summed E-state index contributed by atoms with van der Waals surface area (Å²) in [6.07, 6.45) is 2.58. The van der Waals surface area contributed by atoms with Crippen molar-refractivity contribution < 1.29 is 9.18 Å². The highest BCUT2D eigenvalue weighted by Gasteiger charge is 2.32. The molecule has 0 aromatic rings. The van der Waals surface area contributed by atoms with Crippen LogP contribution in [0.15, 0.2) is 0 Å². The maximum atomic E-state index is 13.2. The molecule has 1 fully saturated rings. The van der Waals surface area contributed by atoms with Gasteiger partial charge in [-0.2, -0.15) is 0 Å². The number of rotatable bonds is 1. The highest BCUT2D eigenvalue weighted by molar-refractivity contribution is 5.78. The van der Waals surface area contributed by atoms with Gasteiger partial charge in [0, 0.05) is 5.92 Å². The molecule has 0 heterocycles. The van der Waals surface area contributed by atoms with Gasteiger partial charge in [-0.3, -0.25) is 4.79 Å². The van der Waals surface area contributed by atoms with E-state index in [1.165, 1.54) is 0 Å². The van der Waals surface area contributed by atoms with Gasteiger partial charge in [-0.1, -0.05) is 0 Å². The van der Waals surface area contributed by atoms with E-state index in [0.717, 1.165) is 12.8 Å². The Morgan fingerprint density at radius 3 is 2.27 bits per heavy atom. The molecule has 0 aromatic heterocycles. The third-order valence-electron chi connectivity index (χ3n) is 2.60. The van der Waals surface area contributed by atoms with Crippen LogP contribution in [0, 0.1) is 5.92 Å². The molecule has 0 aromatic carbocycles. The van der Waals surface area contributed by atoms with Gasteiger partial charge < -0.3 is 0 Å². The summed E-state index contributed by atoms with van der Waals surface area (Å²) < 4.78 is 13.2. The molecule has 64 valence electrons. The van der Waals surface area contributed by atoms with Crippen LogP contribution in [0.4, 0.5) is 4.39 Å². The molecule has 0 aliphatic heterocycles. The quantitative estimate of drug-likeness (QED) is 0.573. The van der Waals surface area contributed by atoms with E-state index in [2.05, 4.69) is 0 Å². The fraction of sp³-hybridized carbons (Fsp3) is 0.889. The molecule has 0 radical (unpaired) electrons. The average Bonchev–Trinajstić information content (AvgIpc) is 1.86. The Kier molecular flexibility index (Phi) is 2.31. The molecular formula is C9H15FO. The summed E-state index contributed by atoms with van der Waals surface area (Å²) in [5, 5.41) is 0. The SMILES string of the molecule is CC(=O)C1CCC(C)(F)CC1. The van der Waals surface area contributed by atoms with Gasteiger partial charge in [0.2, 0.25) is 0 Å². The van der Waals surface area contributed by atoms with Crippen LogP contribution in [0.2, 0.25) is 0 Å². The Bertz CT molecular complexity index is 153. The van der Waals surface area contributed by atoms with E-state index in [1.54, 1.807) is 13.8 Å². The molecule has 0 spiro atoms. The zero-order valence-corrected chi connectivity index (χ0v) is 7.19. The maximum Gasteiger partial charge on any atom is 0.132 e. The van der Waals surface area contributed by atoms with Gasteiger partial charge in [-0.05, 0) is 39.5 Å². The van der Waals surface area contributed by atoms with E-state index >= 15 is 0 Å². The van der Waals surface area contributed by atoms with Crippen LogP contribution in [0.25, 0.3) is 0 Å². The summed E-state index contributed by atoms with van der Waals surface area (Å²) >= 11 is 0. The summed E-state index contributed by atoms with van der Waals surface area (Å²) in [6.45, 7) is 3.23. The van der Waals surface area contributed by atoms with Gasteiger partial charge >= 0.3 is 0 Å². The van der Waals surface area contributed by atoms with Crippen LogP contribution in [0.5, 0.6) is 0 Å². The molecule has 2 heteroatoms. The lowest BCUT2D eigenvalue weighted by Gasteiger charge is -2.29. The normalized spacial score (nSPS) is 38.6. The maximum absolute atomic E-state index is 13.2. The van der Waals surface area contributed by atoms with Crippen LogP contribution in [0.1, 0.15) is 39.5 Å². The Labute approximate surface area is 67.0 Å². The summed E-state index contributed by atoms with van der Waals surface area (Å²) in [5.74, 6) is 0.360. The molecule has 0 saturated heterocycles. The smallest absolute Gasteiger partial charge is 0.132 e. The number of carbonyl (C=O) groups excluding carboxylic acids is 1. The number of alkyl halides is 1. The fourth-order valence-corrected chi connectivity index (χ4v) is 1.63. The Morgan fingerprint density at radius 2 is 1.91 bits per heavy atom. The minimum Gasteiger partial charge on any atom is -0.300 e. The molecule has 1 aliphatic carbocycles. The van der Waals surface area contributed by atoms with Crippen molar-refractivity contribution in [3.63, 3.8) is 0 Å². The second-order valence-electron chi connectivity index (χ2n) is 3.80. The van der Waals surface area contributed by atoms with E-state index < -0.39 is 5.67 Å². The third-order valence-corrected chi connectivity index (χ3v) is 2.60. The van der Waals surface area contributed by atoms with E-state index in [4.69, 9.17) is 0 Å². The molecule has 0 N–H and O–H groups in total. The Hall–Kier alpha value is -0.400. The zero-order valence-electron chi connectivity index (χ0n) is 7.19. The Balaban J connectivity index is 2.42.